The molecular formula is C16H14Cl2O. The predicted molar refractivity (Wildman–Crippen MR) is 78.9 cm³/mol. The van der Waals surface area contributed by atoms with E-state index in [2.05, 4.69) is 0 Å². The highest BCUT2D eigenvalue weighted by atomic mass is 35.5. The molecule has 0 amide bonds. The summed E-state index contributed by atoms with van der Waals surface area (Å²) >= 11 is 12.0. The van der Waals surface area contributed by atoms with Crippen LogP contribution in [0.15, 0.2) is 42.5 Å². The van der Waals surface area contributed by atoms with Crippen LogP contribution in [0.2, 0.25) is 10.0 Å². The molecule has 0 aromatic heterocycles. The largest absolute Gasteiger partial charge is 0.388 e. The van der Waals surface area contributed by atoms with Crippen LogP contribution in [0.5, 0.6) is 0 Å². The summed E-state index contributed by atoms with van der Waals surface area (Å²) in [5, 5.41) is 11.0. The summed E-state index contributed by atoms with van der Waals surface area (Å²) in [7, 11) is 0. The van der Waals surface area contributed by atoms with Crippen molar-refractivity contribution < 1.29 is 10.6 Å². The van der Waals surface area contributed by atoms with Gasteiger partial charge in [0.15, 0.2) is 0 Å². The Kier molecular flexibility index (Phi) is 2.45. The van der Waals surface area contributed by atoms with Crippen molar-refractivity contribution in [1.29, 1.82) is 0 Å². The highest BCUT2D eigenvalue weighted by molar-refractivity contribution is 6.42. The van der Waals surface area contributed by atoms with Crippen LogP contribution in [-0.4, -0.2) is 5.11 Å². The van der Waals surface area contributed by atoms with Gasteiger partial charge in [0.25, 0.3) is 0 Å². The first-order valence-corrected chi connectivity index (χ1v) is 6.63. The summed E-state index contributed by atoms with van der Waals surface area (Å²) < 4.78 is 33.2. The van der Waals surface area contributed by atoms with Gasteiger partial charge in [-0.3, -0.25) is 0 Å². The molecule has 0 saturated heterocycles. The molecule has 1 N–H and O–H groups in total. The molecule has 19 heavy (non-hydrogen) atoms. The normalized spacial score (nSPS) is 35.5. The Morgan fingerprint density at radius 3 is 2.58 bits per heavy atom. The third-order valence-electron chi connectivity index (χ3n) is 3.21. The highest BCUT2D eigenvalue weighted by Crippen LogP contribution is 2.42. The molecule has 0 bridgehead atoms. The Morgan fingerprint density at radius 1 is 1.11 bits per heavy atom. The number of benzene rings is 2. The first-order valence-electron chi connectivity index (χ1n) is 7.87. The Bertz CT molecular complexity index is 778. The number of halogens is 2. The van der Waals surface area contributed by atoms with Gasteiger partial charge in [-0.15, -0.1) is 0 Å². The van der Waals surface area contributed by atoms with Crippen LogP contribution >= 0.6 is 23.2 Å². The van der Waals surface area contributed by atoms with Gasteiger partial charge in [0.05, 0.1) is 17.5 Å². The fourth-order valence-electron chi connectivity index (χ4n) is 2.26. The van der Waals surface area contributed by atoms with E-state index in [1.165, 1.54) is 12.1 Å². The van der Waals surface area contributed by atoms with Crippen LogP contribution in [0.25, 0.3) is 0 Å². The molecule has 2 aromatic carbocycles. The first kappa shape index (κ1) is 9.02. The molecule has 0 fully saturated rings. The standard InChI is InChI=1S/C16H14Cl2O/c17-14-7-5-10(9-15(14)18)11-6-8-16(19)13-4-2-1-3-12(11)13/h1-5,7,9,11,16,19H,6,8H2/t11-,16?/m0/s1/i8D2,11D,16D. The minimum absolute atomic E-state index is 0.0947. The van der Waals surface area contributed by atoms with Crippen LogP contribution in [0.3, 0.4) is 0 Å². The lowest BCUT2D eigenvalue weighted by Crippen LogP contribution is -2.15. The number of rotatable bonds is 1. The number of hydrogen-bond acceptors (Lipinski definition) is 1. The Labute approximate surface area is 128 Å². The average Bonchev–Trinajstić information content (AvgIpc) is 2.48. The molecule has 0 radical (unpaired) electrons. The molecular weight excluding hydrogens is 279 g/mol. The van der Waals surface area contributed by atoms with Gasteiger partial charge in [-0.2, -0.15) is 0 Å². The zero-order valence-corrected chi connectivity index (χ0v) is 11.5. The number of aliphatic hydroxyl groups is 1. The summed E-state index contributed by atoms with van der Waals surface area (Å²) in [6, 6.07) is 11.2. The minimum Gasteiger partial charge on any atom is -0.388 e. The van der Waals surface area contributed by atoms with E-state index in [-0.39, 0.29) is 17.0 Å². The third kappa shape index (κ3) is 2.38. The lowest BCUT2D eigenvalue weighted by atomic mass is 9.78. The van der Waals surface area contributed by atoms with Gasteiger partial charge in [0, 0.05) is 10.0 Å². The van der Waals surface area contributed by atoms with Gasteiger partial charge >= 0.3 is 0 Å². The van der Waals surface area contributed by atoms with Crippen molar-refractivity contribution in [2.45, 2.75) is 24.8 Å². The van der Waals surface area contributed by atoms with Gasteiger partial charge in [-0.05, 0) is 41.6 Å². The molecule has 0 saturated carbocycles. The molecule has 2 aromatic rings. The zero-order valence-electron chi connectivity index (χ0n) is 14.0. The van der Waals surface area contributed by atoms with Crippen molar-refractivity contribution in [3.05, 3.63) is 69.2 Å². The van der Waals surface area contributed by atoms with Crippen molar-refractivity contribution in [2.75, 3.05) is 0 Å². The molecule has 0 spiro atoms. The van der Waals surface area contributed by atoms with E-state index >= 15 is 0 Å². The molecule has 0 heterocycles. The Morgan fingerprint density at radius 2 is 1.84 bits per heavy atom. The topological polar surface area (TPSA) is 20.2 Å². The highest BCUT2D eigenvalue weighted by Gasteiger charge is 2.26. The van der Waals surface area contributed by atoms with Crippen LogP contribution in [0, 0.1) is 0 Å². The van der Waals surface area contributed by atoms with Gasteiger partial charge in [-0.25, -0.2) is 0 Å². The second-order valence-electron chi connectivity index (χ2n) is 4.36. The van der Waals surface area contributed by atoms with Gasteiger partial charge in [-0.1, -0.05) is 53.5 Å². The lowest BCUT2D eigenvalue weighted by Gasteiger charge is -2.29. The third-order valence-corrected chi connectivity index (χ3v) is 3.95. The number of hydrogen-bond donors (Lipinski definition) is 1. The summed E-state index contributed by atoms with van der Waals surface area (Å²) in [6.45, 7) is 0. The fourth-order valence-corrected chi connectivity index (χ4v) is 2.55. The Hall–Kier alpha value is -1.02. The molecule has 1 aliphatic carbocycles. The van der Waals surface area contributed by atoms with E-state index < -0.39 is 18.3 Å². The van der Waals surface area contributed by atoms with Crippen molar-refractivity contribution >= 4 is 23.2 Å². The fraction of sp³-hybridized carbons (Fsp3) is 0.250. The van der Waals surface area contributed by atoms with E-state index in [1.807, 2.05) is 0 Å². The Balaban J connectivity index is 2.28. The van der Waals surface area contributed by atoms with Crippen LogP contribution in [0.4, 0.5) is 0 Å². The smallest absolute Gasteiger partial charge is 0.0793 e. The predicted octanol–water partition coefficient (Wildman–Crippen LogP) is 4.95. The quantitative estimate of drug-likeness (QED) is 0.789. The van der Waals surface area contributed by atoms with Gasteiger partial charge in [0.1, 0.15) is 0 Å². The van der Waals surface area contributed by atoms with Crippen molar-refractivity contribution in [3.63, 3.8) is 0 Å². The van der Waals surface area contributed by atoms with Gasteiger partial charge < -0.3 is 5.11 Å². The second-order valence-corrected chi connectivity index (χ2v) is 5.17. The SMILES string of the molecule is [2H]C1([2H])C[C@@]([2H])(c2ccc(Cl)c(Cl)c2)c2ccccc2C1([2H])O. The van der Waals surface area contributed by atoms with Crippen LogP contribution in [-0.2, 0) is 0 Å². The molecule has 3 heteroatoms. The molecule has 2 atom stereocenters. The molecule has 98 valence electrons. The summed E-state index contributed by atoms with van der Waals surface area (Å²) in [6.07, 6.45) is -5.07. The van der Waals surface area contributed by atoms with Crippen LogP contribution in [0.1, 0.15) is 46.9 Å². The van der Waals surface area contributed by atoms with E-state index in [0.717, 1.165) is 0 Å². The molecule has 1 unspecified atom stereocenters. The number of fused-ring (bicyclic) bond motifs is 1. The lowest BCUT2D eigenvalue weighted by molar-refractivity contribution is 0.153. The van der Waals surface area contributed by atoms with E-state index in [4.69, 9.17) is 28.7 Å². The second kappa shape index (κ2) is 5.16. The van der Waals surface area contributed by atoms with Gasteiger partial charge in [0.2, 0.25) is 0 Å². The van der Waals surface area contributed by atoms with Crippen LogP contribution < -0.4 is 0 Å². The van der Waals surface area contributed by atoms with Crippen molar-refractivity contribution in [2.24, 2.45) is 0 Å². The monoisotopic (exact) mass is 296 g/mol. The average molecular weight is 297 g/mol. The van der Waals surface area contributed by atoms with E-state index in [1.54, 1.807) is 30.3 Å². The molecule has 1 nitrogen and oxygen atoms in total. The van der Waals surface area contributed by atoms with Crippen molar-refractivity contribution in [3.8, 4) is 0 Å². The summed E-state index contributed by atoms with van der Waals surface area (Å²) in [4.78, 5) is 0. The minimum atomic E-state index is -2.41. The van der Waals surface area contributed by atoms with Crippen molar-refractivity contribution in [1.82, 2.24) is 0 Å². The molecule has 3 rings (SSSR count). The maximum Gasteiger partial charge on any atom is 0.0793 e. The molecule has 0 aliphatic heterocycles. The maximum atomic E-state index is 10.4. The summed E-state index contributed by atoms with van der Waals surface area (Å²) in [5.74, 6) is -1.47. The zero-order chi connectivity index (χ0) is 17.0. The van der Waals surface area contributed by atoms with E-state index in [9.17, 15) is 5.11 Å². The maximum absolute atomic E-state index is 10.4. The molecule has 1 aliphatic rings. The summed E-state index contributed by atoms with van der Waals surface area (Å²) in [5.41, 5.74) is 0.960. The first-order chi connectivity index (χ1) is 10.6. The van der Waals surface area contributed by atoms with E-state index in [0.29, 0.717) is 16.1 Å².